The van der Waals surface area contributed by atoms with E-state index >= 15 is 0 Å². The Hall–Kier alpha value is -0.940. The first-order chi connectivity index (χ1) is 7.54. The molecule has 1 atom stereocenters. The van der Waals surface area contributed by atoms with E-state index in [-0.39, 0.29) is 11.9 Å². The molecule has 0 aromatic carbocycles. The lowest BCUT2D eigenvalue weighted by Gasteiger charge is -2.12. The highest BCUT2D eigenvalue weighted by Crippen LogP contribution is 2.16. The molecule has 1 aromatic heterocycles. The highest BCUT2D eigenvalue weighted by atomic mass is 32.1. The fourth-order valence-corrected chi connectivity index (χ4v) is 2.29. The van der Waals surface area contributed by atoms with Crippen LogP contribution in [-0.2, 0) is 11.3 Å². The lowest BCUT2D eigenvalue weighted by molar-refractivity contribution is -0.122. The van der Waals surface area contributed by atoms with Gasteiger partial charge in [0.1, 0.15) is 0 Å². The first-order valence-corrected chi connectivity index (χ1v) is 6.30. The molecule has 4 nitrogen and oxygen atoms in total. The van der Waals surface area contributed by atoms with E-state index in [0.29, 0.717) is 13.1 Å². The summed E-state index contributed by atoms with van der Waals surface area (Å²) in [4.78, 5) is 17.0. The zero-order chi connectivity index (χ0) is 12.1. The number of thiazole rings is 1. The molecule has 0 aliphatic carbocycles. The zero-order valence-electron chi connectivity index (χ0n) is 10.3. The van der Waals surface area contributed by atoms with Crippen molar-refractivity contribution in [3.05, 3.63) is 15.6 Å². The Morgan fingerprint density at radius 2 is 2.19 bits per heavy atom. The van der Waals surface area contributed by atoms with Gasteiger partial charge in [0.15, 0.2) is 0 Å². The number of aromatic nitrogens is 1. The Morgan fingerprint density at radius 1 is 1.50 bits per heavy atom. The molecular weight excluding hydrogens is 222 g/mol. The lowest BCUT2D eigenvalue weighted by Crippen LogP contribution is -2.41. The fraction of sp³-hybridized carbons (Fsp3) is 0.636. The SMILES string of the molecule is CCNC(=O)C(C)NCc1sc(C)nc1C. The second-order valence-corrected chi connectivity index (χ2v) is 5.03. The van der Waals surface area contributed by atoms with E-state index in [1.165, 1.54) is 4.88 Å². The molecule has 0 bridgehead atoms. The maximum atomic E-state index is 11.5. The van der Waals surface area contributed by atoms with Crippen molar-refractivity contribution in [2.75, 3.05) is 6.54 Å². The van der Waals surface area contributed by atoms with Gasteiger partial charge in [-0.05, 0) is 27.7 Å². The zero-order valence-corrected chi connectivity index (χ0v) is 11.1. The Morgan fingerprint density at radius 3 is 2.69 bits per heavy atom. The normalized spacial score (nSPS) is 12.5. The molecule has 0 spiro atoms. The molecule has 1 unspecified atom stereocenters. The van der Waals surface area contributed by atoms with Crippen molar-refractivity contribution < 1.29 is 4.79 Å². The quantitative estimate of drug-likeness (QED) is 0.818. The van der Waals surface area contributed by atoms with Crippen LogP contribution >= 0.6 is 11.3 Å². The number of nitrogens with zero attached hydrogens (tertiary/aromatic N) is 1. The third kappa shape index (κ3) is 3.57. The van der Waals surface area contributed by atoms with Crippen molar-refractivity contribution in [1.82, 2.24) is 15.6 Å². The topological polar surface area (TPSA) is 54.0 Å². The van der Waals surface area contributed by atoms with E-state index in [0.717, 1.165) is 10.7 Å². The summed E-state index contributed by atoms with van der Waals surface area (Å²) in [6, 6.07) is -0.165. The van der Waals surface area contributed by atoms with Gasteiger partial charge in [0.25, 0.3) is 0 Å². The molecular formula is C11H19N3OS. The molecule has 1 amide bonds. The summed E-state index contributed by atoms with van der Waals surface area (Å²) in [5, 5.41) is 7.05. The van der Waals surface area contributed by atoms with Crippen LogP contribution in [0.15, 0.2) is 0 Å². The van der Waals surface area contributed by atoms with Crippen LogP contribution in [0.4, 0.5) is 0 Å². The number of hydrogen-bond donors (Lipinski definition) is 2. The van der Waals surface area contributed by atoms with E-state index in [1.807, 2.05) is 27.7 Å². The van der Waals surface area contributed by atoms with Gasteiger partial charge in [-0.15, -0.1) is 11.3 Å². The standard InChI is InChI=1S/C11H19N3OS/c1-5-12-11(15)8(3)13-6-10-7(2)14-9(4)16-10/h8,13H,5-6H2,1-4H3,(H,12,15). The number of carbonyl (C=O) groups is 1. The second kappa shape index (κ2) is 5.96. The maximum Gasteiger partial charge on any atom is 0.236 e. The Labute approximate surface area is 100 Å². The van der Waals surface area contributed by atoms with Gasteiger partial charge in [0, 0.05) is 18.0 Å². The average Bonchev–Trinajstić information content (AvgIpc) is 2.54. The molecule has 16 heavy (non-hydrogen) atoms. The molecule has 0 saturated heterocycles. The van der Waals surface area contributed by atoms with Crippen LogP contribution in [0.25, 0.3) is 0 Å². The molecule has 0 aliphatic heterocycles. The number of hydrogen-bond acceptors (Lipinski definition) is 4. The number of aryl methyl sites for hydroxylation is 2. The molecule has 90 valence electrons. The van der Waals surface area contributed by atoms with E-state index in [2.05, 4.69) is 15.6 Å². The molecule has 1 heterocycles. The largest absolute Gasteiger partial charge is 0.355 e. The van der Waals surface area contributed by atoms with Crippen LogP contribution in [0.1, 0.15) is 29.4 Å². The van der Waals surface area contributed by atoms with Crippen molar-refractivity contribution in [3.63, 3.8) is 0 Å². The van der Waals surface area contributed by atoms with E-state index in [4.69, 9.17) is 0 Å². The molecule has 0 radical (unpaired) electrons. The smallest absolute Gasteiger partial charge is 0.236 e. The number of carbonyl (C=O) groups excluding carboxylic acids is 1. The van der Waals surface area contributed by atoms with Crippen molar-refractivity contribution in [2.45, 2.75) is 40.3 Å². The summed E-state index contributed by atoms with van der Waals surface area (Å²) in [6.45, 7) is 9.15. The van der Waals surface area contributed by atoms with Gasteiger partial charge in [-0.3, -0.25) is 4.79 Å². The highest BCUT2D eigenvalue weighted by molar-refractivity contribution is 7.11. The van der Waals surface area contributed by atoms with E-state index in [1.54, 1.807) is 11.3 Å². The summed E-state index contributed by atoms with van der Waals surface area (Å²) in [5.41, 5.74) is 1.05. The van der Waals surface area contributed by atoms with Crippen LogP contribution in [0.5, 0.6) is 0 Å². The van der Waals surface area contributed by atoms with Gasteiger partial charge in [0.05, 0.1) is 16.7 Å². The van der Waals surface area contributed by atoms with Crippen LogP contribution in [-0.4, -0.2) is 23.5 Å². The van der Waals surface area contributed by atoms with Crippen LogP contribution < -0.4 is 10.6 Å². The lowest BCUT2D eigenvalue weighted by atomic mass is 10.3. The molecule has 0 fully saturated rings. The highest BCUT2D eigenvalue weighted by Gasteiger charge is 2.12. The number of likely N-dealkylation sites (N-methyl/N-ethyl adjacent to an activating group) is 1. The van der Waals surface area contributed by atoms with Crippen LogP contribution in [0.3, 0.4) is 0 Å². The molecule has 0 saturated carbocycles. The summed E-state index contributed by atoms with van der Waals surface area (Å²) < 4.78 is 0. The summed E-state index contributed by atoms with van der Waals surface area (Å²) in [6.07, 6.45) is 0. The van der Waals surface area contributed by atoms with Crippen molar-refractivity contribution in [2.24, 2.45) is 0 Å². The van der Waals surface area contributed by atoms with Gasteiger partial charge in [-0.1, -0.05) is 0 Å². The number of amides is 1. The predicted octanol–water partition coefficient (Wildman–Crippen LogP) is 1.37. The number of nitrogens with one attached hydrogen (secondary N) is 2. The third-order valence-corrected chi connectivity index (χ3v) is 3.39. The molecule has 0 aliphatic rings. The molecule has 1 rings (SSSR count). The monoisotopic (exact) mass is 241 g/mol. The van der Waals surface area contributed by atoms with Crippen molar-refractivity contribution in [1.29, 1.82) is 0 Å². The van der Waals surface area contributed by atoms with Crippen molar-refractivity contribution in [3.8, 4) is 0 Å². The van der Waals surface area contributed by atoms with Gasteiger partial charge in [-0.2, -0.15) is 0 Å². The molecule has 2 N–H and O–H groups in total. The first-order valence-electron chi connectivity index (χ1n) is 5.48. The summed E-state index contributed by atoms with van der Waals surface area (Å²) in [7, 11) is 0. The molecule has 1 aromatic rings. The fourth-order valence-electron chi connectivity index (χ4n) is 1.40. The third-order valence-electron chi connectivity index (χ3n) is 2.31. The van der Waals surface area contributed by atoms with Gasteiger partial charge >= 0.3 is 0 Å². The number of rotatable bonds is 5. The Kier molecular flexibility index (Phi) is 4.89. The molecule has 5 heteroatoms. The maximum absolute atomic E-state index is 11.5. The predicted molar refractivity (Wildman–Crippen MR) is 66.6 cm³/mol. The van der Waals surface area contributed by atoms with E-state index in [9.17, 15) is 4.79 Å². The first kappa shape index (κ1) is 13.1. The van der Waals surface area contributed by atoms with Gasteiger partial charge in [-0.25, -0.2) is 4.98 Å². The van der Waals surface area contributed by atoms with Gasteiger partial charge in [0.2, 0.25) is 5.91 Å². The minimum Gasteiger partial charge on any atom is -0.355 e. The Balaban J connectivity index is 2.45. The van der Waals surface area contributed by atoms with E-state index < -0.39 is 0 Å². The van der Waals surface area contributed by atoms with Crippen LogP contribution in [0, 0.1) is 13.8 Å². The van der Waals surface area contributed by atoms with Gasteiger partial charge < -0.3 is 10.6 Å². The van der Waals surface area contributed by atoms with Crippen LogP contribution in [0.2, 0.25) is 0 Å². The Bertz CT molecular complexity index is 362. The summed E-state index contributed by atoms with van der Waals surface area (Å²) >= 11 is 1.68. The van der Waals surface area contributed by atoms with Crippen molar-refractivity contribution >= 4 is 17.2 Å². The average molecular weight is 241 g/mol. The summed E-state index contributed by atoms with van der Waals surface area (Å²) in [5.74, 6) is 0.0430. The minimum absolute atomic E-state index is 0.0430. The second-order valence-electron chi connectivity index (χ2n) is 3.74. The minimum atomic E-state index is -0.165.